The Morgan fingerprint density at radius 1 is 0.606 bits per heavy atom. The molecule has 6 heteroatoms. The van der Waals surface area contributed by atoms with Gasteiger partial charge in [-0.05, 0) is 72.8 Å². The second-order valence-electron chi connectivity index (χ2n) is 7.25. The van der Waals surface area contributed by atoms with E-state index >= 15 is 0 Å². The number of carbonyl (C=O) groups is 2. The van der Waals surface area contributed by atoms with Crippen LogP contribution in [0.3, 0.4) is 0 Å². The smallest absolute Gasteiger partial charge is 0.257 e. The van der Waals surface area contributed by atoms with Crippen LogP contribution in [0, 0.1) is 0 Å². The van der Waals surface area contributed by atoms with Crippen molar-refractivity contribution < 1.29 is 14.3 Å². The molecule has 0 aliphatic heterocycles. The molecular weight excluding hydrogens is 414 g/mol. The number of benzene rings is 4. The monoisotopic (exact) mass is 437 g/mol. The third-order valence-corrected chi connectivity index (χ3v) is 4.98. The minimum absolute atomic E-state index is 0.311. The van der Waals surface area contributed by atoms with Crippen LogP contribution in [0.15, 0.2) is 103 Å². The highest BCUT2D eigenvalue weighted by atomic mass is 16.5. The van der Waals surface area contributed by atoms with Crippen molar-refractivity contribution in [3.8, 4) is 5.75 Å². The highest BCUT2D eigenvalue weighted by Gasteiger charge is 2.14. The molecule has 0 heterocycles. The van der Waals surface area contributed by atoms with Crippen molar-refractivity contribution >= 4 is 34.6 Å². The van der Waals surface area contributed by atoms with Gasteiger partial charge < -0.3 is 20.7 Å². The van der Waals surface area contributed by atoms with Crippen LogP contribution in [0.4, 0.5) is 22.7 Å². The Kier molecular flexibility index (Phi) is 6.66. The molecule has 4 aromatic rings. The van der Waals surface area contributed by atoms with E-state index < -0.39 is 0 Å². The molecule has 6 nitrogen and oxygen atoms in total. The van der Waals surface area contributed by atoms with Crippen LogP contribution in [0.1, 0.15) is 20.7 Å². The first-order valence-corrected chi connectivity index (χ1v) is 10.4. The van der Waals surface area contributed by atoms with Crippen LogP contribution >= 0.6 is 0 Å². The van der Waals surface area contributed by atoms with Gasteiger partial charge in [-0.3, -0.25) is 9.59 Å². The summed E-state index contributed by atoms with van der Waals surface area (Å²) in [6.45, 7) is 0. The molecule has 0 radical (unpaired) electrons. The van der Waals surface area contributed by atoms with Crippen molar-refractivity contribution in [2.24, 2.45) is 0 Å². The molecule has 0 bridgehead atoms. The van der Waals surface area contributed by atoms with Crippen LogP contribution in [0.5, 0.6) is 5.75 Å². The van der Waals surface area contributed by atoms with Gasteiger partial charge in [0.1, 0.15) is 5.75 Å². The van der Waals surface area contributed by atoms with Gasteiger partial charge in [-0.2, -0.15) is 0 Å². The Morgan fingerprint density at radius 3 is 1.91 bits per heavy atom. The van der Waals surface area contributed by atoms with Crippen LogP contribution in [-0.4, -0.2) is 18.9 Å². The maximum absolute atomic E-state index is 12.9. The van der Waals surface area contributed by atoms with Gasteiger partial charge in [0.15, 0.2) is 0 Å². The van der Waals surface area contributed by atoms with Crippen molar-refractivity contribution in [3.05, 3.63) is 114 Å². The molecule has 33 heavy (non-hydrogen) atoms. The predicted octanol–water partition coefficient (Wildman–Crippen LogP) is 5.94. The number of nitrogens with one attached hydrogen (secondary N) is 3. The summed E-state index contributed by atoms with van der Waals surface area (Å²) in [5.74, 6) is 0.0370. The molecule has 3 N–H and O–H groups in total. The number of amides is 2. The Balaban J connectivity index is 1.43. The van der Waals surface area contributed by atoms with E-state index in [1.165, 1.54) is 0 Å². The number of anilines is 4. The zero-order chi connectivity index (χ0) is 23.0. The second-order valence-corrected chi connectivity index (χ2v) is 7.25. The number of carbonyl (C=O) groups excluding carboxylic acids is 2. The molecule has 0 aromatic heterocycles. The minimum Gasteiger partial charge on any atom is -0.497 e. The number of rotatable bonds is 7. The van der Waals surface area contributed by atoms with Crippen molar-refractivity contribution in [1.82, 2.24) is 0 Å². The standard InChI is InChI=1S/C27H23N3O3/c1-33-23-17-11-19(12-18-23)26(31)30-25-10-6-5-9-24(25)27(32)29-22-15-13-21(14-16-22)28-20-7-3-2-4-8-20/h2-18,28H,1H3,(H,29,32)(H,30,31). The first-order chi connectivity index (χ1) is 16.1. The normalized spacial score (nSPS) is 10.2. The highest BCUT2D eigenvalue weighted by molar-refractivity contribution is 6.12. The fraction of sp³-hybridized carbons (Fsp3) is 0.0370. The lowest BCUT2D eigenvalue weighted by atomic mass is 10.1. The Labute approximate surface area is 192 Å². The van der Waals surface area contributed by atoms with E-state index in [9.17, 15) is 9.59 Å². The molecule has 0 saturated heterocycles. The fourth-order valence-electron chi connectivity index (χ4n) is 3.25. The maximum Gasteiger partial charge on any atom is 0.257 e. The van der Waals surface area contributed by atoms with Gasteiger partial charge in [-0.1, -0.05) is 30.3 Å². The first kappa shape index (κ1) is 21.6. The average molecular weight is 437 g/mol. The lowest BCUT2D eigenvalue weighted by Gasteiger charge is -2.12. The van der Waals surface area contributed by atoms with Crippen LogP contribution in [0.2, 0.25) is 0 Å². The second kappa shape index (κ2) is 10.2. The van der Waals surface area contributed by atoms with Crippen molar-refractivity contribution in [2.75, 3.05) is 23.1 Å². The van der Waals surface area contributed by atoms with Crippen LogP contribution in [-0.2, 0) is 0 Å². The third-order valence-electron chi connectivity index (χ3n) is 4.98. The summed E-state index contributed by atoms with van der Waals surface area (Å²) in [5, 5.41) is 9.00. The number of methoxy groups -OCH3 is 1. The molecule has 0 atom stereocenters. The predicted molar refractivity (Wildman–Crippen MR) is 132 cm³/mol. The van der Waals surface area contributed by atoms with E-state index in [2.05, 4.69) is 16.0 Å². The van der Waals surface area contributed by atoms with Gasteiger partial charge in [0.05, 0.1) is 18.4 Å². The maximum atomic E-state index is 12.9. The Hall–Kier alpha value is -4.58. The van der Waals surface area contributed by atoms with Crippen LogP contribution in [0.25, 0.3) is 0 Å². The molecule has 0 fully saturated rings. The van der Waals surface area contributed by atoms with Gasteiger partial charge in [-0.15, -0.1) is 0 Å². The Morgan fingerprint density at radius 2 is 1.21 bits per heavy atom. The summed E-state index contributed by atoms with van der Waals surface area (Å²) in [6, 6.07) is 30.9. The molecule has 0 unspecified atom stereocenters. The molecule has 0 saturated carbocycles. The van der Waals surface area contributed by atoms with Gasteiger partial charge in [0, 0.05) is 22.6 Å². The molecule has 4 aromatic carbocycles. The Bertz CT molecular complexity index is 1240. The van der Waals surface area contributed by atoms with Gasteiger partial charge in [0.2, 0.25) is 0 Å². The fourth-order valence-corrected chi connectivity index (χ4v) is 3.25. The highest BCUT2D eigenvalue weighted by Crippen LogP contribution is 2.22. The number of hydrogen-bond acceptors (Lipinski definition) is 4. The first-order valence-electron chi connectivity index (χ1n) is 10.4. The zero-order valence-corrected chi connectivity index (χ0v) is 18.0. The number of ether oxygens (including phenoxy) is 1. The molecule has 164 valence electrons. The molecule has 4 rings (SSSR count). The zero-order valence-electron chi connectivity index (χ0n) is 18.0. The van der Waals surface area contributed by atoms with Gasteiger partial charge >= 0.3 is 0 Å². The van der Waals surface area contributed by atoms with Gasteiger partial charge in [0.25, 0.3) is 11.8 Å². The summed E-state index contributed by atoms with van der Waals surface area (Å²) in [6.07, 6.45) is 0. The summed E-state index contributed by atoms with van der Waals surface area (Å²) < 4.78 is 5.12. The van der Waals surface area contributed by atoms with Crippen molar-refractivity contribution in [3.63, 3.8) is 0 Å². The van der Waals surface area contributed by atoms with E-state index in [0.717, 1.165) is 11.4 Å². The van der Waals surface area contributed by atoms with Crippen molar-refractivity contribution in [2.45, 2.75) is 0 Å². The third kappa shape index (κ3) is 5.57. The van der Waals surface area contributed by atoms with E-state index in [1.807, 2.05) is 54.6 Å². The SMILES string of the molecule is COc1ccc(C(=O)Nc2ccccc2C(=O)Nc2ccc(Nc3ccccc3)cc2)cc1. The largest absolute Gasteiger partial charge is 0.497 e. The number of hydrogen-bond donors (Lipinski definition) is 3. The van der Waals surface area contributed by atoms with Crippen LogP contribution < -0.4 is 20.7 Å². The van der Waals surface area contributed by atoms with E-state index in [4.69, 9.17) is 4.74 Å². The van der Waals surface area contributed by atoms with E-state index in [0.29, 0.717) is 28.3 Å². The molecule has 0 spiro atoms. The summed E-state index contributed by atoms with van der Waals surface area (Å²) in [5.41, 5.74) is 3.80. The summed E-state index contributed by atoms with van der Waals surface area (Å²) >= 11 is 0. The topological polar surface area (TPSA) is 79.5 Å². The molecular formula is C27H23N3O3. The molecule has 0 aliphatic carbocycles. The minimum atomic E-state index is -0.315. The summed E-state index contributed by atoms with van der Waals surface area (Å²) in [7, 11) is 1.57. The van der Waals surface area contributed by atoms with E-state index in [1.54, 1.807) is 55.6 Å². The molecule has 0 aliphatic rings. The quantitative estimate of drug-likeness (QED) is 0.334. The van der Waals surface area contributed by atoms with E-state index in [-0.39, 0.29) is 11.8 Å². The van der Waals surface area contributed by atoms with Gasteiger partial charge in [-0.25, -0.2) is 0 Å². The average Bonchev–Trinajstić information content (AvgIpc) is 2.86. The lowest BCUT2D eigenvalue weighted by Crippen LogP contribution is -2.18. The lowest BCUT2D eigenvalue weighted by molar-refractivity contribution is 0.102. The van der Waals surface area contributed by atoms with Crippen molar-refractivity contribution in [1.29, 1.82) is 0 Å². The number of para-hydroxylation sites is 2. The molecule has 2 amide bonds. The summed E-state index contributed by atoms with van der Waals surface area (Å²) in [4.78, 5) is 25.6.